The third-order valence-electron chi connectivity index (χ3n) is 5.51. The molecule has 0 aliphatic carbocycles. The zero-order valence-electron chi connectivity index (χ0n) is 20.0. The molecule has 0 spiro atoms. The van der Waals surface area contributed by atoms with Crippen LogP contribution in [0.1, 0.15) is 12.5 Å². The molecule has 0 aliphatic rings. The fraction of sp³-hybridized carbons (Fsp3) is 0.200. The van der Waals surface area contributed by atoms with E-state index in [4.69, 9.17) is 23.2 Å². The largest absolute Gasteiger partial charge is 0.366 e. The van der Waals surface area contributed by atoms with Crippen LogP contribution in [0.2, 0.25) is 10.0 Å². The lowest BCUT2D eigenvalue weighted by molar-refractivity contribution is -0.118. The highest BCUT2D eigenvalue weighted by Crippen LogP contribution is 2.24. The second-order valence-corrected chi connectivity index (χ2v) is 11.2. The van der Waals surface area contributed by atoms with Gasteiger partial charge in [0.1, 0.15) is 17.0 Å². The van der Waals surface area contributed by atoms with Gasteiger partial charge in [0.05, 0.1) is 14.9 Å². The van der Waals surface area contributed by atoms with Crippen molar-refractivity contribution >= 4 is 55.9 Å². The summed E-state index contributed by atoms with van der Waals surface area (Å²) >= 11 is 12.1. The molecular weight excluding hydrogens is 537 g/mol. The van der Waals surface area contributed by atoms with E-state index in [1.54, 1.807) is 36.4 Å². The highest BCUT2D eigenvalue weighted by molar-refractivity contribution is 7.90. The number of sulfone groups is 1. The van der Waals surface area contributed by atoms with Crippen LogP contribution in [0.3, 0.4) is 0 Å². The van der Waals surface area contributed by atoms with E-state index in [0.29, 0.717) is 39.1 Å². The van der Waals surface area contributed by atoms with E-state index in [0.717, 1.165) is 11.8 Å². The standard InChI is InChI=1S/C25H23Cl2N5O4S/c1-15(33)28-11-12-32-24-21(9-10-22(31-24)29-14-16-3-8-19(26)20(27)13-16)30-23(25(32)34)17-4-6-18(7-5-17)37(2,35)36/h3-10,13H,11-12,14H2,1-2H3,(H,28,33)(H,29,31). The number of fused-ring (bicyclic) bond motifs is 1. The van der Waals surface area contributed by atoms with Gasteiger partial charge in [-0.05, 0) is 42.0 Å². The number of amides is 1. The van der Waals surface area contributed by atoms with Gasteiger partial charge in [-0.1, -0.05) is 41.4 Å². The van der Waals surface area contributed by atoms with Gasteiger partial charge in [0.15, 0.2) is 15.5 Å². The Bertz CT molecular complexity index is 1650. The molecule has 9 nitrogen and oxygen atoms in total. The van der Waals surface area contributed by atoms with Gasteiger partial charge >= 0.3 is 0 Å². The van der Waals surface area contributed by atoms with Crippen LogP contribution >= 0.6 is 23.2 Å². The topological polar surface area (TPSA) is 123 Å². The van der Waals surface area contributed by atoms with Crippen molar-refractivity contribution in [2.24, 2.45) is 0 Å². The van der Waals surface area contributed by atoms with Gasteiger partial charge in [-0.15, -0.1) is 0 Å². The predicted molar refractivity (Wildman–Crippen MR) is 145 cm³/mol. The van der Waals surface area contributed by atoms with E-state index in [1.807, 2.05) is 6.07 Å². The maximum Gasteiger partial charge on any atom is 0.278 e. The minimum atomic E-state index is -3.38. The highest BCUT2D eigenvalue weighted by Gasteiger charge is 2.16. The molecule has 0 saturated carbocycles. The maximum absolute atomic E-state index is 13.5. The third-order valence-corrected chi connectivity index (χ3v) is 7.38. The summed E-state index contributed by atoms with van der Waals surface area (Å²) in [5, 5.41) is 6.80. The van der Waals surface area contributed by atoms with E-state index in [-0.39, 0.29) is 29.6 Å². The van der Waals surface area contributed by atoms with E-state index in [1.165, 1.54) is 23.6 Å². The Kier molecular flexibility index (Phi) is 7.82. The van der Waals surface area contributed by atoms with E-state index in [2.05, 4.69) is 20.6 Å². The molecule has 0 aliphatic heterocycles. The number of rotatable bonds is 8. The molecule has 4 rings (SSSR count). The number of nitrogens with zero attached hydrogens (tertiary/aromatic N) is 3. The number of hydrogen-bond acceptors (Lipinski definition) is 7. The normalized spacial score (nSPS) is 11.5. The lowest BCUT2D eigenvalue weighted by atomic mass is 10.1. The molecule has 0 radical (unpaired) electrons. The molecule has 2 N–H and O–H groups in total. The number of carbonyl (C=O) groups excluding carboxylic acids is 1. The summed E-state index contributed by atoms with van der Waals surface area (Å²) in [6.07, 6.45) is 1.12. The molecule has 192 valence electrons. The van der Waals surface area contributed by atoms with Crippen LogP contribution in [-0.2, 0) is 27.7 Å². The average molecular weight is 560 g/mol. The molecule has 2 aromatic heterocycles. The smallest absolute Gasteiger partial charge is 0.278 e. The predicted octanol–water partition coefficient (Wildman–Crippen LogP) is 3.92. The zero-order valence-corrected chi connectivity index (χ0v) is 22.3. The SMILES string of the molecule is CC(=O)NCCn1c(=O)c(-c2ccc(S(C)(=O)=O)cc2)nc2ccc(NCc3ccc(Cl)c(Cl)c3)nc21. The first-order valence-electron chi connectivity index (χ1n) is 11.2. The van der Waals surface area contributed by atoms with Crippen LogP contribution in [-0.4, -0.2) is 41.7 Å². The molecule has 1 amide bonds. The first-order chi connectivity index (χ1) is 17.5. The van der Waals surface area contributed by atoms with Crippen molar-refractivity contribution in [3.05, 3.63) is 80.6 Å². The van der Waals surface area contributed by atoms with Crippen LogP contribution in [0.4, 0.5) is 5.82 Å². The Morgan fingerprint density at radius 1 is 1.00 bits per heavy atom. The molecule has 0 saturated heterocycles. The molecule has 0 fully saturated rings. The van der Waals surface area contributed by atoms with E-state index >= 15 is 0 Å². The van der Waals surface area contributed by atoms with Gasteiger partial charge in [-0.2, -0.15) is 0 Å². The zero-order chi connectivity index (χ0) is 26.7. The monoisotopic (exact) mass is 559 g/mol. The molecule has 2 heterocycles. The number of benzene rings is 2. The van der Waals surface area contributed by atoms with Crippen molar-refractivity contribution < 1.29 is 13.2 Å². The Balaban J connectivity index is 1.73. The van der Waals surface area contributed by atoms with Crippen LogP contribution in [0.25, 0.3) is 22.4 Å². The minimum Gasteiger partial charge on any atom is -0.366 e. The Morgan fingerprint density at radius 2 is 1.73 bits per heavy atom. The summed E-state index contributed by atoms with van der Waals surface area (Å²) in [6.45, 7) is 2.19. The molecule has 0 atom stereocenters. The average Bonchev–Trinajstić information content (AvgIpc) is 2.85. The van der Waals surface area contributed by atoms with Crippen molar-refractivity contribution in [1.29, 1.82) is 0 Å². The van der Waals surface area contributed by atoms with Crippen LogP contribution < -0.4 is 16.2 Å². The number of hydrogen-bond donors (Lipinski definition) is 2. The Labute approximate surface area is 223 Å². The second kappa shape index (κ2) is 10.9. The summed E-state index contributed by atoms with van der Waals surface area (Å²) in [5.74, 6) is 0.290. The molecule has 0 bridgehead atoms. The van der Waals surface area contributed by atoms with Gasteiger partial charge in [0.25, 0.3) is 5.56 Å². The van der Waals surface area contributed by atoms with Crippen LogP contribution in [0, 0.1) is 0 Å². The van der Waals surface area contributed by atoms with Crippen molar-refractivity contribution in [1.82, 2.24) is 19.9 Å². The van der Waals surface area contributed by atoms with Gasteiger partial charge in [0, 0.05) is 38.4 Å². The molecule has 0 unspecified atom stereocenters. The van der Waals surface area contributed by atoms with Crippen molar-refractivity contribution in [2.45, 2.75) is 24.9 Å². The number of nitrogens with one attached hydrogen (secondary N) is 2. The molecule has 12 heteroatoms. The quantitative estimate of drug-likeness (QED) is 0.335. The summed E-state index contributed by atoms with van der Waals surface area (Å²) < 4.78 is 25.1. The Morgan fingerprint density at radius 3 is 2.38 bits per heavy atom. The molecule has 2 aromatic carbocycles. The maximum atomic E-state index is 13.5. The second-order valence-electron chi connectivity index (χ2n) is 8.34. The first-order valence-corrected chi connectivity index (χ1v) is 13.8. The number of halogens is 2. The van der Waals surface area contributed by atoms with Crippen molar-refractivity contribution in [3.63, 3.8) is 0 Å². The minimum absolute atomic E-state index is 0.141. The number of aromatic nitrogens is 3. The summed E-state index contributed by atoms with van der Waals surface area (Å²) in [6, 6.07) is 14.8. The summed E-state index contributed by atoms with van der Waals surface area (Å²) in [5.41, 5.74) is 1.89. The van der Waals surface area contributed by atoms with Crippen molar-refractivity contribution in [3.8, 4) is 11.3 Å². The summed E-state index contributed by atoms with van der Waals surface area (Å²) in [4.78, 5) is 34.2. The Hall–Kier alpha value is -3.47. The number of pyridine rings is 1. The highest BCUT2D eigenvalue weighted by atomic mass is 35.5. The molecule has 37 heavy (non-hydrogen) atoms. The van der Waals surface area contributed by atoms with Crippen LogP contribution in [0.15, 0.2) is 64.3 Å². The van der Waals surface area contributed by atoms with Gasteiger partial charge in [-0.3, -0.25) is 14.2 Å². The number of anilines is 1. The van der Waals surface area contributed by atoms with Gasteiger partial charge < -0.3 is 10.6 Å². The fourth-order valence-corrected chi connectivity index (χ4v) is 4.61. The third kappa shape index (κ3) is 6.27. The van der Waals surface area contributed by atoms with Crippen molar-refractivity contribution in [2.75, 3.05) is 18.1 Å². The molecular formula is C25H23Cl2N5O4S. The van der Waals surface area contributed by atoms with Gasteiger partial charge in [-0.25, -0.2) is 18.4 Å². The first kappa shape index (κ1) is 26.6. The number of carbonyl (C=O) groups is 1. The molecule has 4 aromatic rings. The lowest BCUT2D eigenvalue weighted by Crippen LogP contribution is -2.31. The van der Waals surface area contributed by atoms with E-state index < -0.39 is 15.4 Å². The van der Waals surface area contributed by atoms with Crippen LogP contribution in [0.5, 0.6) is 0 Å². The summed E-state index contributed by atoms with van der Waals surface area (Å²) in [7, 11) is -3.38. The van der Waals surface area contributed by atoms with Gasteiger partial charge in [0.2, 0.25) is 5.91 Å². The fourth-order valence-electron chi connectivity index (χ4n) is 3.66. The van der Waals surface area contributed by atoms with E-state index in [9.17, 15) is 18.0 Å². The lowest BCUT2D eigenvalue weighted by Gasteiger charge is -2.14.